The molecule has 1 aliphatic carbocycles. The minimum Gasteiger partial charge on any atom is -0.330 e. The molecule has 0 spiro atoms. The molecule has 0 atom stereocenters. The number of benzene rings is 1. The summed E-state index contributed by atoms with van der Waals surface area (Å²) in [6, 6.07) is 6.36. The second-order valence-corrected chi connectivity index (χ2v) is 6.60. The molecule has 1 fully saturated rings. The van der Waals surface area contributed by atoms with E-state index in [4.69, 9.17) is 10.7 Å². The van der Waals surface area contributed by atoms with Crippen LogP contribution in [0.3, 0.4) is 0 Å². The summed E-state index contributed by atoms with van der Waals surface area (Å²) in [5, 5.41) is 0. The van der Waals surface area contributed by atoms with Gasteiger partial charge in [0.2, 0.25) is 0 Å². The van der Waals surface area contributed by atoms with E-state index in [0.29, 0.717) is 6.54 Å². The van der Waals surface area contributed by atoms with Crippen molar-refractivity contribution in [3.8, 4) is 0 Å². The first kappa shape index (κ1) is 13.6. The van der Waals surface area contributed by atoms with Crippen molar-refractivity contribution in [1.82, 2.24) is 9.55 Å². The second kappa shape index (κ2) is 4.88. The third kappa shape index (κ3) is 1.96. The first-order valence-electron chi connectivity index (χ1n) is 7.70. The van der Waals surface area contributed by atoms with Crippen molar-refractivity contribution in [2.45, 2.75) is 44.9 Å². The summed E-state index contributed by atoms with van der Waals surface area (Å²) in [5.41, 5.74) is 9.92. The highest BCUT2D eigenvalue weighted by Gasteiger charge is 2.38. The number of hydrogen-bond acceptors (Lipinski definition) is 2. The minimum absolute atomic E-state index is 0.0761. The number of nitrogens with two attached hydrogens (primary N) is 1. The number of hydrogen-bond donors (Lipinski definition) is 1. The Hall–Kier alpha value is -1.35. The van der Waals surface area contributed by atoms with Gasteiger partial charge in [0.1, 0.15) is 5.82 Å². The Labute approximate surface area is 121 Å². The van der Waals surface area contributed by atoms with Crippen LogP contribution in [0.2, 0.25) is 0 Å². The Morgan fingerprint density at radius 2 is 2.05 bits per heavy atom. The SMILES string of the molecule is Cc1cccc2nc(C3(CN)CCC(C)CC3)n(C)c12. The summed E-state index contributed by atoms with van der Waals surface area (Å²) in [6.07, 6.45) is 4.86. The van der Waals surface area contributed by atoms with Gasteiger partial charge in [-0.3, -0.25) is 0 Å². The highest BCUT2D eigenvalue weighted by molar-refractivity contribution is 5.79. The summed E-state index contributed by atoms with van der Waals surface area (Å²) in [7, 11) is 2.15. The first-order valence-corrected chi connectivity index (χ1v) is 7.70. The lowest BCUT2D eigenvalue weighted by Gasteiger charge is -2.38. The van der Waals surface area contributed by atoms with Crippen LogP contribution in [-0.4, -0.2) is 16.1 Å². The van der Waals surface area contributed by atoms with E-state index in [1.807, 2.05) is 0 Å². The first-order chi connectivity index (χ1) is 9.57. The third-order valence-electron chi connectivity index (χ3n) is 5.19. The van der Waals surface area contributed by atoms with E-state index in [1.54, 1.807) is 0 Å². The fourth-order valence-corrected chi connectivity index (χ4v) is 3.77. The van der Waals surface area contributed by atoms with Crippen molar-refractivity contribution in [2.75, 3.05) is 6.54 Å². The van der Waals surface area contributed by atoms with Crippen LogP contribution in [0, 0.1) is 12.8 Å². The van der Waals surface area contributed by atoms with E-state index in [0.717, 1.165) is 11.4 Å². The lowest BCUT2D eigenvalue weighted by molar-refractivity contribution is 0.233. The quantitative estimate of drug-likeness (QED) is 0.911. The van der Waals surface area contributed by atoms with Crippen LogP contribution in [0.15, 0.2) is 18.2 Å². The zero-order valence-electron chi connectivity index (χ0n) is 12.8. The van der Waals surface area contributed by atoms with Crippen LogP contribution in [0.25, 0.3) is 11.0 Å². The maximum atomic E-state index is 6.19. The average Bonchev–Trinajstić information content (AvgIpc) is 2.79. The van der Waals surface area contributed by atoms with E-state index in [-0.39, 0.29) is 5.41 Å². The zero-order valence-corrected chi connectivity index (χ0v) is 12.8. The van der Waals surface area contributed by atoms with Crippen LogP contribution in [0.4, 0.5) is 0 Å². The van der Waals surface area contributed by atoms with Gasteiger partial charge in [-0.2, -0.15) is 0 Å². The van der Waals surface area contributed by atoms with Gasteiger partial charge in [0.25, 0.3) is 0 Å². The number of para-hydroxylation sites is 1. The van der Waals surface area contributed by atoms with Crippen LogP contribution >= 0.6 is 0 Å². The largest absolute Gasteiger partial charge is 0.330 e. The maximum Gasteiger partial charge on any atom is 0.117 e. The number of aromatic nitrogens is 2. The van der Waals surface area contributed by atoms with E-state index in [2.05, 4.69) is 43.7 Å². The van der Waals surface area contributed by atoms with Crippen molar-refractivity contribution in [2.24, 2.45) is 18.7 Å². The molecule has 0 aliphatic heterocycles. The van der Waals surface area contributed by atoms with Gasteiger partial charge in [-0.25, -0.2) is 4.98 Å². The molecule has 3 nitrogen and oxygen atoms in total. The molecule has 0 radical (unpaired) electrons. The van der Waals surface area contributed by atoms with Gasteiger partial charge in [-0.05, 0) is 50.2 Å². The van der Waals surface area contributed by atoms with Crippen LogP contribution in [0.1, 0.15) is 44.0 Å². The van der Waals surface area contributed by atoms with E-state index < -0.39 is 0 Å². The summed E-state index contributed by atoms with van der Waals surface area (Å²) in [6.45, 7) is 5.21. The fraction of sp³-hybridized carbons (Fsp3) is 0.588. The Morgan fingerprint density at radius 3 is 2.65 bits per heavy atom. The number of rotatable bonds is 2. The van der Waals surface area contributed by atoms with Crippen LogP contribution < -0.4 is 5.73 Å². The van der Waals surface area contributed by atoms with Crippen molar-refractivity contribution in [1.29, 1.82) is 0 Å². The molecule has 1 aromatic carbocycles. The molecular weight excluding hydrogens is 246 g/mol. The Balaban J connectivity index is 2.13. The molecular formula is C17H25N3. The molecule has 0 amide bonds. The van der Waals surface area contributed by atoms with Crippen LogP contribution in [-0.2, 0) is 12.5 Å². The smallest absolute Gasteiger partial charge is 0.117 e. The minimum atomic E-state index is 0.0761. The zero-order chi connectivity index (χ0) is 14.3. The fourth-order valence-electron chi connectivity index (χ4n) is 3.77. The molecule has 3 heteroatoms. The van der Waals surface area contributed by atoms with E-state index in [1.165, 1.54) is 42.6 Å². The molecule has 20 heavy (non-hydrogen) atoms. The molecule has 1 aromatic heterocycles. The van der Waals surface area contributed by atoms with Crippen LogP contribution in [0.5, 0.6) is 0 Å². The van der Waals surface area contributed by atoms with Gasteiger partial charge >= 0.3 is 0 Å². The molecule has 1 aliphatic rings. The maximum absolute atomic E-state index is 6.19. The monoisotopic (exact) mass is 271 g/mol. The van der Waals surface area contributed by atoms with Gasteiger partial charge in [0.15, 0.2) is 0 Å². The summed E-state index contributed by atoms with van der Waals surface area (Å²) in [5.74, 6) is 2.02. The average molecular weight is 271 g/mol. The Bertz CT molecular complexity index is 618. The van der Waals surface area contributed by atoms with Crippen molar-refractivity contribution in [3.63, 3.8) is 0 Å². The van der Waals surface area contributed by atoms with Gasteiger partial charge in [-0.1, -0.05) is 19.1 Å². The molecule has 0 saturated heterocycles. The lowest BCUT2D eigenvalue weighted by atomic mass is 9.70. The molecule has 2 N–H and O–H groups in total. The van der Waals surface area contributed by atoms with Crippen molar-refractivity contribution >= 4 is 11.0 Å². The standard InChI is InChI=1S/C17H25N3/c1-12-7-9-17(11-18,10-8-12)16-19-14-6-4-5-13(2)15(14)20(16)3/h4-6,12H,7-11,18H2,1-3H3. The molecule has 0 bridgehead atoms. The van der Waals surface area contributed by atoms with Crippen molar-refractivity contribution in [3.05, 3.63) is 29.6 Å². The van der Waals surface area contributed by atoms with Gasteiger partial charge in [0.05, 0.1) is 11.0 Å². The molecule has 3 rings (SSSR count). The highest BCUT2D eigenvalue weighted by atomic mass is 15.1. The Kier molecular flexibility index (Phi) is 3.33. The molecule has 1 saturated carbocycles. The van der Waals surface area contributed by atoms with E-state index >= 15 is 0 Å². The topological polar surface area (TPSA) is 43.8 Å². The third-order valence-corrected chi connectivity index (χ3v) is 5.19. The molecule has 1 heterocycles. The van der Waals surface area contributed by atoms with E-state index in [9.17, 15) is 0 Å². The molecule has 108 valence electrons. The number of imidazole rings is 1. The Morgan fingerprint density at radius 1 is 1.35 bits per heavy atom. The predicted molar refractivity (Wildman–Crippen MR) is 83.8 cm³/mol. The molecule has 0 unspecified atom stereocenters. The molecule has 2 aromatic rings. The summed E-state index contributed by atoms with van der Waals surface area (Å²) >= 11 is 0. The number of fused-ring (bicyclic) bond motifs is 1. The van der Waals surface area contributed by atoms with Crippen molar-refractivity contribution < 1.29 is 0 Å². The normalized spacial score (nSPS) is 27.1. The van der Waals surface area contributed by atoms with Gasteiger partial charge in [-0.15, -0.1) is 0 Å². The summed E-state index contributed by atoms with van der Waals surface area (Å²) < 4.78 is 2.29. The predicted octanol–water partition coefficient (Wildman–Crippen LogP) is 3.29. The number of nitrogens with zero attached hydrogens (tertiary/aromatic N) is 2. The lowest BCUT2D eigenvalue weighted by Crippen LogP contribution is -2.40. The number of aryl methyl sites for hydroxylation is 2. The van der Waals surface area contributed by atoms with Gasteiger partial charge < -0.3 is 10.3 Å². The highest BCUT2D eigenvalue weighted by Crippen LogP contribution is 2.41. The second-order valence-electron chi connectivity index (χ2n) is 6.60. The van der Waals surface area contributed by atoms with Gasteiger partial charge in [0, 0.05) is 19.0 Å². The summed E-state index contributed by atoms with van der Waals surface area (Å²) in [4.78, 5) is 4.95.